The third-order valence-electron chi connectivity index (χ3n) is 2.60. The molecular weight excluding hydrogens is 344 g/mol. The van der Waals surface area contributed by atoms with E-state index in [9.17, 15) is 8.78 Å². The number of anilines is 1. The Bertz CT molecular complexity index is 564. The molecule has 0 saturated carbocycles. The van der Waals surface area contributed by atoms with E-state index in [1.54, 1.807) is 18.2 Å². The summed E-state index contributed by atoms with van der Waals surface area (Å²) in [6.07, 6.45) is 0. The number of halogens is 3. The molecule has 6 heteroatoms. The Kier molecular flexibility index (Phi) is 5.80. The zero-order valence-corrected chi connectivity index (χ0v) is 12.6. The zero-order chi connectivity index (χ0) is 15.1. The molecule has 112 valence electrons. The zero-order valence-electron chi connectivity index (χ0n) is 11.1. The highest BCUT2D eigenvalue weighted by atomic mass is 79.9. The van der Waals surface area contributed by atoms with Gasteiger partial charge >= 0.3 is 6.61 Å². The van der Waals surface area contributed by atoms with Gasteiger partial charge in [0.05, 0.1) is 5.69 Å². The van der Waals surface area contributed by atoms with Crippen LogP contribution in [0.2, 0.25) is 0 Å². The summed E-state index contributed by atoms with van der Waals surface area (Å²) >= 11 is 3.34. The average Bonchev–Trinajstić information content (AvgIpc) is 2.46. The molecule has 0 radical (unpaired) electrons. The van der Waals surface area contributed by atoms with Crippen LogP contribution in [0.1, 0.15) is 0 Å². The third-order valence-corrected chi connectivity index (χ3v) is 3.13. The van der Waals surface area contributed by atoms with Gasteiger partial charge in [0.1, 0.15) is 18.1 Å². The first-order chi connectivity index (χ1) is 10.1. The molecule has 0 amide bonds. The van der Waals surface area contributed by atoms with Gasteiger partial charge in [0.15, 0.2) is 0 Å². The standard InChI is InChI=1S/C15H14BrF2NO2/c16-11-5-7-12(8-6-11)20-10-9-19-13-3-1-2-4-14(13)21-15(17)18/h1-8,15,19H,9-10H2. The molecule has 0 aromatic heterocycles. The number of rotatable bonds is 7. The number of para-hydroxylation sites is 2. The number of alkyl halides is 2. The molecule has 21 heavy (non-hydrogen) atoms. The van der Waals surface area contributed by atoms with Crippen LogP contribution >= 0.6 is 15.9 Å². The summed E-state index contributed by atoms with van der Waals surface area (Å²) in [5.74, 6) is 0.869. The van der Waals surface area contributed by atoms with Crippen LogP contribution in [0.5, 0.6) is 11.5 Å². The van der Waals surface area contributed by atoms with Crippen LogP contribution in [0.3, 0.4) is 0 Å². The van der Waals surface area contributed by atoms with E-state index in [0.717, 1.165) is 10.2 Å². The molecule has 0 unspecified atom stereocenters. The Hall–Kier alpha value is -1.82. The minimum Gasteiger partial charge on any atom is -0.492 e. The Labute approximate surface area is 130 Å². The summed E-state index contributed by atoms with van der Waals surface area (Å²) in [4.78, 5) is 0. The molecule has 0 heterocycles. The molecule has 0 atom stereocenters. The molecule has 1 N–H and O–H groups in total. The van der Waals surface area contributed by atoms with Crippen molar-refractivity contribution in [2.45, 2.75) is 6.61 Å². The van der Waals surface area contributed by atoms with Crippen LogP contribution in [0.25, 0.3) is 0 Å². The highest BCUT2D eigenvalue weighted by molar-refractivity contribution is 9.10. The second kappa shape index (κ2) is 7.83. The second-order valence-corrected chi connectivity index (χ2v) is 5.02. The minimum atomic E-state index is -2.84. The topological polar surface area (TPSA) is 30.5 Å². The van der Waals surface area contributed by atoms with E-state index < -0.39 is 6.61 Å². The number of hydrogen-bond donors (Lipinski definition) is 1. The first-order valence-corrected chi connectivity index (χ1v) is 7.10. The van der Waals surface area contributed by atoms with Crippen LogP contribution in [-0.4, -0.2) is 19.8 Å². The molecule has 0 aliphatic rings. The van der Waals surface area contributed by atoms with Crippen molar-refractivity contribution in [1.82, 2.24) is 0 Å². The van der Waals surface area contributed by atoms with Crippen molar-refractivity contribution in [3.8, 4) is 11.5 Å². The Balaban J connectivity index is 1.82. The van der Waals surface area contributed by atoms with Crippen molar-refractivity contribution in [2.24, 2.45) is 0 Å². The van der Waals surface area contributed by atoms with E-state index in [-0.39, 0.29) is 5.75 Å². The smallest absolute Gasteiger partial charge is 0.387 e. The first-order valence-electron chi connectivity index (χ1n) is 6.31. The summed E-state index contributed by atoms with van der Waals surface area (Å²) in [5, 5.41) is 3.01. The normalized spacial score (nSPS) is 10.5. The minimum absolute atomic E-state index is 0.121. The van der Waals surface area contributed by atoms with Gasteiger partial charge in [-0.05, 0) is 36.4 Å². The maximum absolute atomic E-state index is 12.3. The fourth-order valence-electron chi connectivity index (χ4n) is 1.70. The SMILES string of the molecule is FC(F)Oc1ccccc1NCCOc1ccc(Br)cc1. The van der Waals surface area contributed by atoms with Gasteiger partial charge in [0, 0.05) is 11.0 Å². The molecule has 0 aliphatic heterocycles. The maximum Gasteiger partial charge on any atom is 0.387 e. The summed E-state index contributed by atoms with van der Waals surface area (Å²) in [7, 11) is 0. The second-order valence-electron chi connectivity index (χ2n) is 4.10. The van der Waals surface area contributed by atoms with Gasteiger partial charge in [-0.2, -0.15) is 8.78 Å². The first kappa shape index (κ1) is 15.6. The molecule has 0 spiro atoms. The summed E-state index contributed by atoms with van der Waals surface area (Å²) < 4.78 is 35.5. The van der Waals surface area contributed by atoms with E-state index in [2.05, 4.69) is 26.0 Å². The van der Waals surface area contributed by atoms with Gasteiger partial charge in [-0.25, -0.2) is 0 Å². The largest absolute Gasteiger partial charge is 0.492 e. The number of ether oxygens (including phenoxy) is 2. The van der Waals surface area contributed by atoms with Gasteiger partial charge in [-0.15, -0.1) is 0 Å². The molecule has 2 aromatic carbocycles. The lowest BCUT2D eigenvalue weighted by atomic mass is 10.3. The van der Waals surface area contributed by atoms with Gasteiger partial charge in [-0.1, -0.05) is 28.1 Å². The fraction of sp³-hybridized carbons (Fsp3) is 0.200. The number of benzene rings is 2. The predicted octanol–water partition coefficient (Wildman–Crippen LogP) is 4.54. The monoisotopic (exact) mass is 357 g/mol. The lowest BCUT2D eigenvalue weighted by Gasteiger charge is -2.13. The average molecular weight is 358 g/mol. The van der Waals surface area contributed by atoms with Crippen LogP contribution < -0.4 is 14.8 Å². The Morgan fingerprint density at radius 1 is 1.05 bits per heavy atom. The summed E-state index contributed by atoms with van der Waals surface area (Å²) in [6, 6.07) is 14.0. The molecule has 2 rings (SSSR count). The van der Waals surface area contributed by atoms with E-state index in [0.29, 0.717) is 18.8 Å². The van der Waals surface area contributed by atoms with Crippen molar-refractivity contribution in [1.29, 1.82) is 0 Å². The van der Waals surface area contributed by atoms with Crippen LogP contribution in [0, 0.1) is 0 Å². The highest BCUT2D eigenvalue weighted by Crippen LogP contribution is 2.25. The van der Waals surface area contributed by atoms with Gasteiger partial charge in [-0.3, -0.25) is 0 Å². The highest BCUT2D eigenvalue weighted by Gasteiger charge is 2.08. The Morgan fingerprint density at radius 3 is 2.48 bits per heavy atom. The third kappa shape index (κ3) is 5.23. The lowest BCUT2D eigenvalue weighted by molar-refractivity contribution is -0.0493. The van der Waals surface area contributed by atoms with Crippen molar-refractivity contribution < 1.29 is 18.3 Å². The van der Waals surface area contributed by atoms with Crippen LogP contribution in [0.15, 0.2) is 53.0 Å². The molecule has 0 fully saturated rings. The quantitative estimate of drug-likeness (QED) is 0.737. The Morgan fingerprint density at radius 2 is 1.76 bits per heavy atom. The number of nitrogens with one attached hydrogen (secondary N) is 1. The summed E-state index contributed by atoms with van der Waals surface area (Å²) in [5.41, 5.74) is 0.511. The molecule has 0 saturated heterocycles. The molecule has 0 bridgehead atoms. The van der Waals surface area contributed by atoms with Gasteiger partial charge < -0.3 is 14.8 Å². The summed E-state index contributed by atoms with van der Waals surface area (Å²) in [6.45, 7) is -1.96. The predicted molar refractivity (Wildman–Crippen MR) is 81.2 cm³/mol. The van der Waals surface area contributed by atoms with Gasteiger partial charge in [0.2, 0.25) is 0 Å². The molecule has 3 nitrogen and oxygen atoms in total. The van der Waals surface area contributed by atoms with E-state index in [1.807, 2.05) is 24.3 Å². The van der Waals surface area contributed by atoms with Gasteiger partial charge in [0.25, 0.3) is 0 Å². The van der Waals surface area contributed by atoms with E-state index in [4.69, 9.17) is 4.74 Å². The van der Waals surface area contributed by atoms with Crippen molar-refractivity contribution in [3.63, 3.8) is 0 Å². The number of hydrogen-bond acceptors (Lipinski definition) is 3. The lowest BCUT2D eigenvalue weighted by Crippen LogP contribution is -2.13. The molecular formula is C15H14BrF2NO2. The molecule has 2 aromatic rings. The van der Waals surface area contributed by atoms with E-state index in [1.165, 1.54) is 6.07 Å². The van der Waals surface area contributed by atoms with Crippen molar-refractivity contribution in [3.05, 3.63) is 53.0 Å². The van der Waals surface area contributed by atoms with Crippen LogP contribution in [0.4, 0.5) is 14.5 Å². The van der Waals surface area contributed by atoms with E-state index >= 15 is 0 Å². The van der Waals surface area contributed by atoms with Crippen LogP contribution in [-0.2, 0) is 0 Å². The van der Waals surface area contributed by atoms with Crippen molar-refractivity contribution >= 4 is 21.6 Å². The van der Waals surface area contributed by atoms with Crippen molar-refractivity contribution in [2.75, 3.05) is 18.5 Å². The fourth-order valence-corrected chi connectivity index (χ4v) is 1.96. The maximum atomic E-state index is 12.3. The molecule has 0 aliphatic carbocycles.